The lowest BCUT2D eigenvalue weighted by Gasteiger charge is -2.22. The van der Waals surface area contributed by atoms with E-state index in [1.165, 1.54) is 4.90 Å². The van der Waals surface area contributed by atoms with Crippen LogP contribution >= 0.6 is 0 Å². The van der Waals surface area contributed by atoms with Crippen molar-refractivity contribution in [3.05, 3.63) is 35.1 Å². The van der Waals surface area contributed by atoms with E-state index in [1.54, 1.807) is 0 Å². The molecule has 0 heterocycles. The lowest BCUT2D eigenvalue weighted by atomic mass is 10.1. The van der Waals surface area contributed by atoms with Gasteiger partial charge in [0.1, 0.15) is 5.84 Å². The summed E-state index contributed by atoms with van der Waals surface area (Å²) >= 11 is 0. The molecule has 8 heteroatoms. The third kappa shape index (κ3) is 3.45. The highest BCUT2D eigenvalue weighted by molar-refractivity contribution is 5.95. The van der Waals surface area contributed by atoms with E-state index in [2.05, 4.69) is 5.16 Å². The van der Waals surface area contributed by atoms with E-state index in [1.807, 2.05) is 0 Å². The highest BCUT2D eigenvalue weighted by Gasteiger charge is 2.33. The van der Waals surface area contributed by atoms with Gasteiger partial charge in [0.2, 0.25) is 0 Å². The van der Waals surface area contributed by atoms with E-state index in [0.717, 1.165) is 12.8 Å². The molecule has 114 valence electrons. The molecule has 1 amide bonds. The lowest BCUT2D eigenvalue weighted by molar-refractivity contribution is 0.0746. The zero-order valence-corrected chi connectivity index (χ0v) is 11.0. The molecule has 2 rings (SSSR count). The van der Waals surface area contributed by atoms with Crippen molar-refractivity contribution in [1.82, 2.24) is 4.90 Å². The van der Waals surface area contributed by atoms with E-state index in [-0.39, 0.29) is 30.4 Å². The Labute approximate surface area is 118 Å². The Balaban J connectivity index is 2.18. The molecule has 21 heavy (non-hydrogen) atoms. The van der Waals surface area contributed by atoms with Gasteiger partial charge in [-0.3, -0.25) is 4.79 Å². The Morgan fingerprint density at radius 2 is 1.90 bits per heavy atom. The van der Waals surface area contributed by atoms with Crippen LogP contribution in [0.25, 0.3) is 0 Å². The van der Waals surface area contributed by atoms with Crippen LogP contribution in [-0.4, -0.2) is 34.4 Å². The minimum atomic E-state index is -1.61. The second kappa shape index (κ2) is 6.02. The van der Waals surface area contributed by atoms with Crippen LogP contribution in [0.15, 0.2) is 17.3 Å². The molecule has 0 atom stereocenters. The van der Waals surface area contributed by atoms with E-state index in [4.69, 9.17) is 10.9 Å². The van der Waals surface area contributed by atoms with E-state index >= 15 is 0 Å². The first kappa shape index (κ1) is 15.1. The van der Waals surface area contributed by atoms with E-state index in [9.17, 15) is 18.0 Å². The third-order valence-corrected chi connectivity index (χ3v) is 3.22. The van der Waals surface area contributed by atoms with Gasteiger partial charge < -0.3 is 15.8 Å². The number of nitrogens with two attached hydrogens (primary N) is 1. The number of hydrogen-bond acceptors (Lipinski definition) is 3. The van der Waals surface area contributed by atoms with Gasteiger partial charge in [0.25, 0.3) is 5.91 Å². The van der Waals surface area contributed by atoms with Crippen molar-refractivity contribution in [3.63, 3.8) is 0 Å². The van der Waals surface area contributed by atoms with Gasteiger partial charge in [-0.1, -0.05) is 5.16 Å². The summed E-state index contributed by atoms with van der Waals surface area (Å²) < 4.78 is 39.3. The molecule has 0 radical (unpaired) electrons. The highest BCUT2D eigenvalue weighted by Crippen LogP contribution is 2.29. The monoisotopic (exact) mass is 301 g/mol. The lowest BCUT2D eigenvalue weighted by Crippen LogP contribution is -2.36. The number of rotatable bonds is 5. The Morgan fingerprint density at radius 1 is 1.33 bits per heavy atom. The second-order valence-corrected chi connectivity index (χ2v) is 4.82. The molecule has 0 unspecified atom stereocenters. The summed E-state index contributed by atoms with van der Waals surface area (Å²) in [5, 5.41) is 11.3. The van der Waals surface area contributed by atoms with Crippen LogP contribution in [0, 0.1) is 17.5 Å². The molecule has 0 saturated heterocycles. The van der Waals surface area contributed by atoms with Gasteiger partial charge in [-0.15, -0.1) is 0 Å². The summed E-state index contributed by atoms with van der Waals surface area (Å²) in [5.41, 5.74) is 5.08. The number of hydrogen-bond donors (Lipinski definition) is 2. The van der Waals surface area contributed by atoms with Gasteiger partial charge in [0.15, 0.2) is 17.5 Å². The van der Waals surface area contributed by atoms with Crippen molar-refractivity contribution in [1.29, 1.82) is 0 Å². The fourth-order valence-electron chi connectivity index (χ4n) is 1.97. The van der Waals surface area contributed by atoms with Crippen molar-refractivity contribution < 1.29 is 23.2 Å². The first-order valence-corrected chi connectivity index (χ1v) is 6.36. The van der Waals surface area contributed by atoms with Crippen molar-refractivity contribution >= 4 is 11.7 Å². The fraction of sp³-hybridized carbons (Fsp3) is 0.385. The summed E-state index contributed by atoms with van der Waals surface area (Å²) in [5.74, 6) is -5.09. The molecule has 1 fully saturated rings. The SMILES string of the molecule is NC(CCN(C(=O)c1cc(F)c(F)c(F)c1)C1CC1)=NO. The van der Waals surface area contributed by atoms with Crippen LogP contribution in [0.4, 0.5) is 13.2 Å². The van der Waals surface area contributed by atoms with Crippen LogP contribution in [0.3, 0.4) is 0 Å². The quantitative estimate of drug-likeness (QED) is 0.286. The van der Waals surface area contributed by atoms with Gasteiger partial charge in [-0.2, -0.15) is 0 Å². The van der Waals surface area contributed by atoms with Gasteiger partial charge in [0.05, 0.1) is 0 Å². The molecule has 1 aliphatic carbocycles. The Kier molecular flexibility index (Phi) is 4.35. The first-order valence-electron chi connectivity index (χ1n) is 6.36. The Hall–Kier alpha value is -2.25. The smallest absolute Gasteiger partial charge is 0.254 e. The maximum atomic E-state index is 13.2. The van der Waals surface area contributed by atoms with Gasteiger partial charge in [0, 0.05) is 24.6 Å². The van der Waals surface area contributed by atoms with Gasteiger partial charge in [-0.25, -0.2) is 13.2 Å². The minimum Gasteiger partial charge on any atom is -0.409 e. The van der Waals surface area contributed by atoms with Crippen LogP contribution in [0.5, 0.6) is 0 Å². The number of amides is 1. The second-order valence-electron chi connectivity index (χ2n) is 4.82. The summed E-state index contributed by atoms with van der Waals surface area (Å²) in [6.45, 7) is 0.153. The highest BCUT2D eigenvalue weighted by atomic mass is 19.2. The normalized spacial score (nSPS) is 15.1. The van der Waals surface area contributed by atoms with Gasteiger partial charge in [-0.05, 0) is 25.0 Å². The Morgan fingerprint density at radius 3 is 2.38 bits per heavy atom. The topological polar surface area (TPSA) is 78.9 Å². The van der Waals surface area contributed by atoms with Gasteiger partial charge >= 0.3 is 0 Å². The summed E-state index contributed by atoms with van der Waals surface area (Å²) in [6.07, 6.45) is 1.67. The van der Waals surface area contributed by atoms with Crippen molar-refractivity contribution in [2.75, 3.05) is 6.54 Å². The molecule has 0 aliphatic heterocycles. The number of carbonyl (C=O) groups is 1. The first-order chi connectivity index (χ1) is 9.93. The molecular formula is C13H14F3N3O2. The summed E-state index contributed by atoms with van der Waals surface area (Å²) in [6, 6.07) is 1.29. The van der Waals surface area contributed by atoms with Crippen LogP contribution in [0.2, 0.25) is 0 Å². The molecule has 1 saturated carbocycles. The molecule has 0 bridgehead atoms. The van der Waals surface area contributed by atoms with Crippen LogP contribution < -0.4 is 5.73 Å². The molecular weight excluding hydrogens is 287 g/mol. The molecule has 5 nitrogen and oxygen atoms in total. The maximum Gasteiger partial charge on any atom is 0.254 e. The van der Waals surface area contributed by atoms with Crippen molar-refractivity contribution in [3.8, 4) is 0 Å². The molecule has 1 aromatic rings. The number of nitrogens with zero attached hydrogens (tertiary/aromatic N) is 2. The zero-order valence-electron chi connectivity index (χ0n) is 11.0. The number of benzene rings is 1. The van der Waals surface area contributed by atoms with Crippen LogP contribution in [0.1, 0.15) is 29.6 Å². The van der Waals surface area contributed by atoms with Crippen LogP contribution in [-0.2, 0) is 0 Å². The third-order valence-electron chi connectivity index (χ3n) is 3.22. The molecule has 1 aliphatic rings. The summed E-state index contributed by atoms with van der Waals surface area (Å²) in [7, 11) is 0. The largest absolute Gasteiger partial charge is 0.409 e. The predicted molar refractivity (Wildman–Crippen MR) is 68.4 cm³/mol. The zero-order chi connectivity index (χ0) is 15.6. The number of carbonyl (C=O) groups excluding carboxylic acids is 1. The number of halogens is 3. The van der Waals surface area contributed by atoms with E-state index in [0.29, 0.717) is 12.1 Å². The summed E-state index contributed by atoms with van der Waals surface area (Å²) in [4.78, 5) is 13.7. The number of oxime groups is 1. The van der Waals surface area contributed by atoms with Crippen molar-refractivity contribution in [2.24, 2.45) is 10.9 Å². The maximum absolute atomic E-state index is 13.2. The number of amidine groups is 1. The molecule has 0 aromatic heterocycles. The Bertz CT molecular complexity index is 565. The van der Waals surface area contributed by atoms with Crippen molar-refractivity contribution in [2.45, 2.75) is 25.3 Å². The molecule has 1 aromatic carbocycles. The molecule has 3 N–H and O–H groups in total. The predicted octanol–water partition coefficient (Wildman–Crippen LogP) is 1.84. The fourth-order valence-corrected chi connectivity index (χ4v) is 1.97. The average molecular weight is 301 g/mol. The minimum absolute atomic E-state index is 0.0415. The standard InChI is InChI=1S/C13H14F3N3O2/c14-9-5-7(6-10(15)12(9)16)13(20)19(8-1-2-8)4-3-11(17)18-21/h5-6,8,21H,1-4H2,(H2,17,18). The molecule has 0 spiro atoms. The van der Waals surface area contributed by atoms with E-state index < -0.39 is 23.4 Å². The average Bonchev–Trinajstić information content (AvgIpc) is 3.28.